The maximum atomic E-state index is 12.4. The number of benzene rings is 2. The molecule has 3 aromatic rings. The molecule has 1 aliphatic heterocycles. The fourth-order valence-electron chi connectivity index (χ4n) is 4.03. The second kappa shape index (κ2) is 11.6. The molecule has 2 aromatic carbocycles. The van der Waals surface area contributed by atoms with Gasteiger partial charge in [0.05, 0.1) is 5.69 Å². The molecule has 184 valence electrons. The zero-order valence-corrected chi connectivity index (χ0v) is 20.5. The number of anilines is 3. The lowest BCUT2D eigenvalue weighted by Crippen LogP contribution is -2.35. The Hall–Kier alpha value is -3.97. The molecule has 1 fully saturated rings. The maximum absolute atomic E-state index is 12.4. The van der Waals surface area contributed by atoms with Gasteiger partial charge in [0.1, 0.15) is 6.01 Å². The molecule has 10 heteroatoms. The third-order valence-corrected chi connectivity index (χ3v) is 6.78. The second-order valence-corrected chi connectivity index (χ2v) is 9.22. The Labute approximate surface area is 213 Å². The van der Waals surface area contributed by atoms with Gasteiger partial charge in [-0.1, -0.05) is 23.9 Å². The molecule has 0 unspecified atom stereocenters. The van der Waals surface area contributed by atoms with Gasteiger partial charge in [0.25, 0.3) is 5.91 Å². The fourth-order valence-corrected chi connectivity index (χ4v) is 4.61. The van der Waals surface area contributed by atoms with Crippen LogP contribution in [0.1, 0.15) is 23.2 Å². The molecule has 0 spiro atoms. The van der Waals surface area contributed by atoms with Crippen molar-refractivity contribution < 1.29 is 14.0 Å². The van der Waals surface area contributed by atoms with Crippen molar-refractivity contribution >= 4 is 40.1 Å². The molecule has 36 heavy (non-hydrogen) atoms. The van der Waals surface area contributed by atoms with Gasteiger partial charge in [0.2, 0.25) is 5.95 Å². The number of rotatable bonds is 7. The first-order valence-electron chi connectivity index (χ1n) is 11.4. The highest BCUT2D eigenvalue weighted by Gasteiger charge is 2.25. The van der Waals surface area contributed by atoms with Crippen LogP contribution in [-0.4, -0.2) is 52.0 Å². The molecule has 0 radical (unpaired) electrons. The van der Waals surface area contributed by atoms with Crippen LogP contribution in [0, 0.1) is 17.4 Å². The first-order valence-corrected chi connectivity index (χ1v) is 12.4. The van der Waals surface area contributed by atoms with Crippen LogP contribution in [0.3, 0.4) is 0 Å². The number of aromatic nitrogens is 2. The van der Waals surface area contributed by atoms with Crippen molar-refractivity contribution in [3.63, 3.8) is 0 Å². The molecule has 0 aliphatic carbocycles. The van der Waals surface area contributed by atoms with Crippen molar-refractivity contribution in [2.75, 3.05) is 36.4 Å². The number of alkyl halides is 1. The SMILES string of the molecule is CN(C#N)C(=O)c1ccc(-c2ccnc(Nc3ccc(N4CCC(C(=O)SCF)CC4)cc3)n2)cc1. The third-order valence-electron chi connectivity index (χ3n) is 6.05. The number of nitrogens with one attached hydrogen (secondary N) is 1. The monoisotopic (exact) mass is 504 g/mol. The highest BCUT2D eigenvalue weighted by atomic mass is 32.2. The molecule has 1 saturated heterocycles. The van der Waals surface area contributed by atoms with Crippen molar-refractivity contribution in [1.29, 1.82) is 5.26 Å². The smallest absolute Gasteiger partial charge is 0.266 e. The molecule has 4 rings (SSSR count). The van der Waals surface area contributed by atoms with E-state index in [1.54, 1.807) is 42.7 Å². The van der Waals surface area contributed by atoms with Gasteiger partial charge in [0, 0.05) is 54.8 Å². The predicted molar refractivity (Wildman–Crippen MR) is 138 cm³/mol. The molecule has 1 aliphatic rings. The molecule has 2 heterocycles. The van der Waals surface area contributed by atoms with Crippen LogP contribution in [0.4, 0.5) is 21.7 Å². The average molecular weight is 505 g/mol. The minimum absolute atomic E-state index is 0.0463. The highest BCUT2D eigenvalue weighted by molar-refractivity contribution is 8.13. The normalized spacial score (nSPS) is 13.6. The van der Waals surface area contributed by atoms with E-state index in [9.17, 15) is 14.0 Å². The molecule has 0 saturated carbocycles. The quantitative estimate of drug-likeness (QED) is 0.360. The number of halogens is 1. The summed E-state index contributed by atoms with van der Waals surface area (Å²) >= 11 is 0.771. The van der Waals surface area contributed by atoms with Crippen LogP contribution in [0.15, 0.2) is 60.8 Å². The van der Waals surface area contributed by atoms with E-state index in [1.165, 1.54) is 7.05 Å². The number of hydrogen-bond acceptors (Lipinski definition) is 8. The summed E-state index contributed by atoms with van der Waals surface area (Å²) in [6, 6.07) is 16.0. The molecule has 0 bridgehead atoms. The summed E-state index contributed by atoms with van der Waals surface area (Å²) < 4.78 is 12.4. The maximum Gasteiger partial charge on any atom is 0.266 e. The lowest BCUT2D eigenvalue weighted by atomic mass is 9.98. The van der Waals surface area contributed by atoms with Crippen LogP contribution in [0.2, 0.25) is 0 Å². The lowest BCUT2D eigenvalue weighted by molar-refractivity contribution is -0.114. The molecular formula is C26H25FN6O2S. The van der Waals surface area contributed by atoms with E-state index in [0.717, 1.165) is 59.5 Å². The van der Waals surface area contributed by atoms with E-state index in [2.05, 4.69) is 20.2 Å². The molecule has 1 N–H and O–H groups in total. The van der Waals surface area contributed by atoms with Gasteiger partial charge < -0.3 is 10.2 Å². The van der Waals surface area contributed by atoms with Crippen molar-refractivity contribution in [2.24, 2.45) is 5.92 Å². The van der Waals surface area contributed by atoms with Crippen molar-refractivity contribution in [2.45, 2.75) is 12.8 Å². The molecule has 1 amide bonds. The van der Waals surface area contributed by atoms with Gasteiger partial charge in [-0.05, 0) is 55.3 Å². The largest absolute Gasteiger partial charge is 0.371 e. The summed E-state index contributed by atoms with van der Waals surface area (Å²) in [4.78, 5) is 36.1. The summed E-state index contributed by atoms with van der Waals surface area (Å²) in [5.74, 6) is 0.00320. The fraction of sp³-hybridized carbons (Fsp3) is 0.269. The van der Waals surface area contributed by atoms with Crippen molar-refractivity contribution in [3.8, 4) is 17.5 Å². The number of hydrogen-bond donors (Lipinski definition) is 1. The molecular weight excluding hydrogens is 479 g/mol. The lowest BCUT2D eigenvalue weighted by Gasteiger charge is -2.32. The molecule has 0 atom stereocenters. The first-order chi connectivity index (χ1) is 17.5. The summed E-state index contributed by atoms with van der Waals surface area (Å²) in [7, 11) is 1.42. The van der Waals surface area contributed by atoms with Crippen molar-refractivity contribution in [3.05, 3.63) is 66.4 Å². The van der Waals surface area contributed by atoms with Gasteiger partial charge in [-0.25, -0.2) is 19.3 Å². The van der Waals surface area contributed by atoms with E-state index < -0.39 is 6.01 Å². The Morgan fingerprint density at radius 1 is 1.14 bits per heavy atom. The summed E-state index contributed by atoms with van der Waals surface area (Å²) in [5, 5.41) is 12.0. The highest BCUT2D eigenvalue weighted by Crippen LogP contribution is 2.28. The van der Waals surface area contributed by atoms with E-state index in [4.69, 9.17) is 5.26 Å². The van der Waals surface area contributed by atoms with Gasteiger partial charge >= 0.3 is 0 Å². The predicted octanol–water partition coefficient (Wildman–Crippen LogP) is 4.84. The average Bonchev–Trinajstić information content (AvgIpc) is 2.93. The first kappa shape index (κ1) is 25.1. The Balaban J connectivity index is 1.38. The van der Waals surface area contributed by atoms with Crippen LogP contribution >= 0.6 is 11.8 Å². The van der Waals surface area contributed by atoms with E-state index in [-0.39, 0.29) is 16.9 Å². The van der Waals surface area contributed by atoms with E-state index in [0.29, 0.717) is 17.2 Å². The van der Waals surface area contributed by atoms with Gasteiger partial charge in [-0.2, -0.15) is 5.26 Å². The number of piperidine rings is 1. The minimum atomic E-state index is -0.658. The Morgan fingerprint density at radius 3 is 2.47 bits per heavy atom. The van der Waals surface area contributed by atoms with Gasteiger partial charge in [0.15, 0.2) is 11.3 Å². The van der Waals surface area contributed by atoms with E-state index in [1.807, 2.05) is 24.3 Å². The summed E-state index contributed by atoms with van der Waals surface area (Å²) in [6.45, 7) is 1.52. The number of nitriles is 1. The van der Waals surface area contributed by atoms with Crippen molar-refractivity contribution in [1.82, 2.24) is 14.9 Å². The van der Waals surface area contributed by atoms with Crippen LogP contribution in [0.25, 0.3) is 11.3 Å². The zero-order chi connectivity index (χ0) is 25.5. The number of thioether (sulfide) groups is 1. The Morgan fingerprint density at radius 2 is 1.83 bits per heavy atom. The zero-order valence-electron chi connectivity index (χ0n) is 19.7. The van der Waals surface area contributed by atoms with Gasteiger partial charge in [-0.3, -0.25) is 9.59 Å². The number of amides is 1. The summed E-state index contributed by atoms with van der Waals surface area (Å²) in [5.41, 5.74) is 3.83. The number of carbonyl (C=O) groups is 2. The number of nitrogens with zero attached hydrogens (tertiary/aromatic N) is 5. The topological polar surface area (TPSA) is 102 Å². The summed E-state index contributed by atoms with van der Waals surface area (Å²) in [6.07, 6.45) is 4.93. The molecule has 1 aromatic heterocycles. The van der Waals surface area contributed by atoms with E-state index >= 15 is 0 Å². The van der Waals surface area contributed by atoms with Gasteiger partial charge in [-0.15, -0.1) is 0 Å². The Bertz CT molecular complexity index is 1250. The van der Waals surface area contributed by atoms with Crippen LogP contribution in [-0.2, 0) is 4.79 Å². The molecule has 8 nitrogen and oxygen atoms in total. The standard InChI is InChI=1S/C26H25FN6O2S/c1-32(17-28)24(34)19-4-2-18(3-5-19)23-10-13-29-26(31-23)30-21-6-8-22(9-7-21)33-14-11-20(12-15-33)25(35)36-16-27/h2-10,13,20H,11-12,14-16H2,1H3,(H,29,30,31). The minimum Gasteiger partial charge on any atom is -0.371 e. The van der Waals surface area contributed by atoms with Crippen LogP contribution in [0.5, 0.6) is 0 Å². The second-order valence-electron chi connectivity index (χ2n) is 8.31. The van der Waals surface area contributed by atoms with Crippen LogP contribution < -0.4 is 10.2 Å². The Kier molecular flexibility index (Phi) is 8.13. The third kappa shape index (κ3) is 5.98. The number of carbonyl (C=O) groups excluding carboxylic acids is 2.